The van der Waals surface area contributed by atoms with Gasteiger partial charge in [0.1, 0.15) is 0 Å². The van der Waals surface area contributed by atoms with Crippen molar-refractivity contribution in [1.29, 1.82) is 0 Å². The molecule has 8 nitrogen and oxygen atoms in total. The molecule has 1 saturated heterocycles. The predicted molar refractivity (Wildman–Crippen MR) is 179 cm³/mol. The predicted octanol–water partition coefficient (Wildman–Crippen LogP) is 5.76. The van der Waals surface area contributed by atoms with Crippen LogP contribution in [-0.2, 0) is 11.3 Å². The van der Waals surface area contributed by atoms with Crippen molar-refractivity contribution in [3.63, 3.8) is 0 Å². The zero-order valence-electron chi connectivity index (χ0n) is 29.3. The average Bonchev–Trinajstić information content (AvgIpc) is 3.41. The minimum absolute atomic E-state index is 0.188. The molecule has 4 aliphatic carbocycles. The van der Waals surface area contributed by atoms with E-state index in [1.54, 1.807) is 21.3 Å². The quantitative estimate of drug-likeness (QED) is 0.355. The van der Waals surface area contributed by atoms with Gasteiger partial charge in [0.15, 0.2) is 11.5 Å². The van der Waals surface area contributed by atoms with E-state index in [2.05, 4.69) is 30.6 Å². The molecule has 258 valence electrons. The zero-order chi connectivity index (χ0) is 32.8. The van der Waals surface area contributed by atoms with Crippen LogP contribution in [0.4, 0.5) is 0 Å². The highest BCUT2D eigenvalue weighted by atomic mass is 16.5. The molecule has 1 heterocycles. The molecule has 0 spiro atoms. The fourth-order valence-corrected chi connectivity index (χ4v) is 11.6. The van der Waals surface area contributed by atoms with Crippen molar-refractivity contribution < 1.29 is 29.2 Å². The molecule has 0 aromatic heterocycles. The van der Waals surface area contributed by atoms with Crippen LogP contribution in [-0.4, -0.2) is 85.6 Å². The van der Waals surface area contributed by atoms with Gasteiger partial charge in [0.2, 0.25) is 11.7 Å². The molecule has 5 fully saturated rings. The number of carbonyl (C=O) groups excluding carboxylic acids is 1. The Morgan fingerprint density at radius 1 is 0.891 bits per heavy atom. The third-order valence-corrected chi connectivity index (χ3v) is 14.1. The molecule has 0 radical (unpaired) electrons. The summed E-state index contributed by atoms with van der Waals surface area (Å²) >= 11 is 0. The summed E-state index contributed by atoms with van der Waals surface area (Å²) in [6, 6.07) is 3.96. The van der Waals surface area contributed by atoms with Gasteiger partial charge in [-0.3, -0.25) is 9.69 Å². The number of amides is 1. The lowest BCUT2D eigenvalue weighted by Gasteiger charge is -2.62. The zero-order valence-corrected chi connectivity index (χ0v) is 29.3. The molecule has 1 aliphatic heterocycles. The lowest BCUT2D eigenvalue weighted by molar-refractivity contribution is -0.174. The van der Waals surface area contributed by atoms with Gasteiger partial charge in [0.05, 0.1) is 33.5 Å². The van der Waals surface area contributed by atoms with E-state index in [0.29, 0.717) is 65.1 Å². The number of fused-ring (bicyclic) bond motifs is 5. The molecule has 5 aliphatic rings. The van der Waals surface area contributed by atoms with E-state index in [1.807, 2.05) is 12.1 Å². The fraction of sp³-hybridized carbons (Fsp3) is 0.816. The van der Waals surface area contributed by atoms with Gasteiger partial charge in [-0.1, -0.05) is 26.8 Å². The van der Waals surface area contributed by atoms with Gasteiger partial charge < -0.3 is 29.3 Å². The van der Waals surface area contributed by atoms with E-state index in [-0.39, 0.29) is 23.0 Å². The monoisotopic (exact) mass is 640 g/mol. The summed E-state index contributed by atoms with van der Waals surface area (Å²) in [5, 5.41) is 22.0. The van der Waals surface area contributed by atoms with Crippen LogP contribution in [0, 0.1) is 46.3 Å². The van der Waals surface area contributed by atoms with Crippen molar-refractivity contribution in [3.8, 4) is 17.2 Å². The Hall–Kier alpha value is -2.03. The SMILES string of the molecule is COc1ccc(CN2CCN(C(=O)CC[C@@H](C)[C@@H]3CC[C@@H]4[C@H]5[C@@H](CC[C@@]43C)[C@@]3(C)CC[C@@H](O)C[C@@H]3C[C@@H]5O)CC2)c(OC)c1OC. The molecule has 1 amide bonds. The lowest BCUT2D eigenvalue weighted by Crippen LogP contribution is -2.58. The summed E-state index contributed by atoms with van der Waals surface area (Å²) in [5.41, 5.74) is 1.56. The van der Waals surface area contributed by atoms with Crippen molar-refractivity contribution in [1.82, 2.24) is 9.80 Å². The maximum Gasteiger partial charge on any atom is 0.222 e. The molecular weight excluding hydrogens is 580 g/mol. The molecule has 6 rings (SSSR count). The fourth-order valence-electron chi connectivity index (χ4n) is 11.6. The summed E-state index contributed by atoms with van der Waals surface area (Å²) in [5.74, 6) is 5.38. The van der Waals surface area contributed by atoms with Gasteiger partial charge in [-0.2, -0.15) is 0 Å². The van der Waals surface area contributed by atoms with Gasteiger partial charge in [-0.05, 0) is 110 Å². The van der Waals surface area contributed by atoms with Crippen molar-refractivity contribution in [2.24, 2.45) is 46.3 Å². The number of aliphatic hydroxyl groups excluding tert-OH is 2. The second-order valence-corrected chi connectivity index (χ2v) is 16.1. The Balaban J connectivity index is 1.01. The second kappa shape index (κ2) is 13.5. The number of hydrogen-bond donors (Lipinski definition) is 2. The molecule has 46 heavy (non-hydrogen) atoms. The van der Waals surface area contributed by atoms with E-state index in [4.69, 9.17) is 14.2 Å². The van der Waals surface area contributed by atoms with Crippen LogP contribution in [0.5, 0.6) is 17.2 Å². The minimum Gasteiger partial charge on any atom is -0.493 e. The first-order valence-electron chi connectivity index (χ1n) is 18.2. The largest absolute Gasteiger partial charge is 0.493 e. The summed E-state index contributed by atoms with van der Waals surface area (Å²) < 4.78 is 16.7. The van der Waals surface area contributed by atoms with Gasteiger partial charge >= 0.3 is 0 Å². The minimum atomic E-state index is -0.236. The van der Waals surface area contributed by atoms with Crippen molar-refractivity contribution >= 4 is 5.91 Å². The number of piperazine rings is 1. The van der Waals surface area contributed by atoms with Crippen LogP contribution in [0.25, 0.3) is 0 Å². The molecule has 0 bridgehead atoms. The molecular formula is C38H60N2O6. The Bertz CT molecular complexity index is 1230. The highest BCUT2D eigenvalue weighted by Crippen LogP contribution is 2.68. The summed E-state index contributed by atoms with van der Waals surface area (Å²) in [6.45, 7) is 11.3. The van der Waals surface area contributed by atoms with Crippen LogP contribution >= 0.6 is 0 Å². The normalized spacial score (nSPS) is 38.3. The Morgan fingerprint density at radius 2 is 1.59 bits per heavy atom. The topological polar surface area (TPSA) is 91.7 Å². The number of benzene rings is 1. The van der Waals surface area contributed by atoms with Gasteiger partial charge in [-0.15, -0.1) is 0 Å². The number of carbonyl (C=O) groups is 1. The Kier molecular flexibility index (Phi) is 9.91. The smallest absolute Gasteiger partial charge is 0.222 e. The van der Waals surface area contributed by atoms with Crippen molar-refractivity contribution in [2.45, 2.75) is 104 Å². The number of methoxy groups -OCH3 is 3. The summed E-state index contributed by atoms with van der Waals surface area (Å²) in [6.07, 6.45) is 9.80. The van der Waals surface area contributed by atoms with Crippen LogP contribution in [0.15, 0.2) is 12.1 Å². The van der Waals surface area contributed by atoms with Gasteiger partial charge in [0.25, 0.3) is 0 Å². The highest BCUT2D eigenvalue weighted by Gasteiger charge is 2.62. The first kappa shape index (κ1) is 33.9. The lowest BCUT2D eigenvalue weighted by atomic mass is 9.43. The number of nitrogens with zero attached hydrogens (tertiary/aromatic N) is 2. The number of rotatable bonds is 9. The third kappa shape index (κ3) is 5.93. The van der Waals surface area contributed by atoms with E-state index >= 15 is 0 Å². The molecule has 1 aromatic carbocycles. The maximum absolute atomic E-state index is 13.4. The molecule has 2 N–H and O–H groups in total. The standard InChI is InChI=1S/C38H60N2O6/c1-24(7-12-33(43)40-19-17-39(18-20-40)23-25-8-11-32(44-4)36(46-6)35(25)45-5)28-9-10-29-34-30(14-16-38(28,29)3)37(2)15-13-27(41)21-26(37)22-31(34)42/h8,11,24,26-31,34,41-42H,7,9-10,12-23H2,1-6H3/t24-,26-,27-,28+,29-,30-,31+,34+,37+,38-/m1/s1. The second-order valence-electron chi connectivity index (χ2n) is 16.1. The highest BCUT2D eigenvalue weighted by molar-refractivity contribution is 5.76. The van der Waals surface area contributed by atoms with E-state index in [0.717, 1.165) is 70.4 Å². The number of hydrogen-bond acceptors (Lipinski definition) is 7. The van der Waals surface area contributed by atoms with E-state index in [9.17, 15) is 15.0 Å². The summed E-state index contributed by atoms with van der Waals surface area (Å²) in [7, 11) is 4.92. The third-order valence-electron chi connectivity index (χ3n) is 14.1. The van der Waals surface area contributed by atoms with Crippen LogP contribution in [0.2, 0.25) is 0 Å². The van der Waals surface area contributed by atoms with Gasteiger partial charge in [-0.25, -0.2) is 0 Å². The Labute approximate surface area is 277 Å². The van der Waals surface area contributed by atoms with Crippen molar-refractivity contribution in [2.75, 3.05) is 47.5 Å². The molecule has 8 heteroatoms. The molecule has 1 aromatic rings. The first-order chi connectivity index (χ1) is 22.0. The van der Waals surface area contributed by atoms with Crippen LogP contribution in [0.3, 0.4) is 0 Å². The maximum atomic E-state index is 13.4. The number of aliphatic hydroxyl groups is 2. The Morgan fingerprint density at radius 3 is 2.28 bits per heavy atom. The molecule has 10 atom stereocenters. The molecule has 4 saturated carbocycles. The van der Waals surface area contributed by atoms with Crippen LogP contribution in [0.1, 0.15) is 90.5 Å². The van der Waals surface area contributed by atoms with Gasteiger partial charge in [0, 0.05) is 44.7 Å². The van der Waals surface area contributed by atoms with Crippen molar-refractivity contribution in [3.05, 3.63) is 17.7 Å². The number of ether oxygens (including phenoxy) is 3. The van der Waals surface area contributed by atoms with E-state index in [1.165, 1.54) is 25.7 Å². The average molecular weight is 641 g/mol. The summed E-state index contributed by atoms with van der Waals surface area (Å²) in [4.78, 5) is 17.9. The van der Waals surface area contributed by atoms with E-state index < -0.39 is 0 Å². The van der Waals surface area contributed by atoms with Crippen LogP contribution < -0.4 is 14.2 Å². The first-order valence-corrected chi connectivity index (χ1v) is 18.2. The molecule has 0 unspecified atom stereocenters.